The molecule has 1 amide bonds. The van der Waals surface area contributed by atoms with Gasteiger partial charge in [0.1, 0.15) is 12.6 Å². The van der Waals surface area contributed by atoms with Crippen molar-refractivity contribution in [3.8, 4) is 0 Å². The number of hydrogen-bond acceptors (Lipinski definition) is 4. The van der Waals surface area contributed by atoms with Crippen molar-refractivity contribution in [2.45, 2.75) is 206 Å². The number of amides is 1. The third-order valence-corrected chi connectivity index (χ3v) is 8.63. The first-order valence-electron chi connectivity index (χ1n) is 19.5. The fourth-order valence-electron chi connectivity index (χ4n) is 5.72. The number of nitrogens with one attached hydrogen (secondary N) is 1. The molecule has 0 saturated carbocycles. The van der Waals surface area contributed by atoms with E-state index in [-0.39, 0.29) is 24.5 Å². The summed E-state index contributed by atoms with van der Waals surface area (Å²) in [6, 6.07) is 0. The Bertz CT molecular complexity index is 763. The number of allylic oxidation sites excluding steroid dienone is 4. The van der Waals surface area contributed by atoms with Crippen molar-refractivity contribution in [3.63, 3.8) is 0 Å². The van der Waals surface area contributed by atoms with Crippen molar-refractivity contribution in [1.82, 2.24) is 5.32 Å². The molecule has 0 heterocycles. The quantitative estimate of drug-likeness (QED) is 0.0405. The number of carbonyl (C=O) groups is 3. The van der Waals surface area contributed by atoms with Crippen LogP contribution in [-0.4, -0.2) is 35.6 Å². The zero-order valence-corrected chi connectivity index (χ0v) is 30.2. The highest BCUT2D eigenvalue weighted by Gasteiger charge is 2.14. The lowest BCUT2D eigenvalue weighted by molar-refractivity contribution is -0.150. The van der Waals surface area contributed by atoms with Crippen LogP contribution >= 0.6 is 0 Å². The van der Waals surface area contributed by atoms with Gasteiger partial charge in [-0.1, -0.05) is 141 Å². The van der Waals surface area contributed by atoms with Gasteiger partial charge in [-0.3, -0.25) is 14.4 Å². The summed E-state index contributed by atoms with van der Waals surface area (Å²) in [4.78, 5) is 34.8. The lowest BCUT2D eigenvalue weighted by atomic mass is 10.0. The molecule has 0 radical (unpaired) electrons. The molecule has 0 aromatic rings. The van der Waals surface area contributed by atoms with Gasteiger partial charge in [0.2, 0.25) is 5.91 Å². The smallest absolute Gasteiger partial charge is 0.322 e. The van der Waals surface area contributed by atoms with Gasteiger partial charge in [0.05, 0.1) is 0 Å². The van der Waals surface area contributed by atoms with Crippen molar-refractivity contribution in [1.29, 1.82) is 0 Å². The Labute approximate surface area is 284 Å². The second kappa shape index (κ2) is 35.7. The van der Waals surface area contributed by atoms with E-state index >= 15 is 0 Å². The van der Waals surface area contributed by atoms with Gasteiger partial charge in [0, 0.05) is 12.8 Å². The Morgan fingerprint density at radius 2 is 1.00 bits per heavy atom. The molecule has 268 valence electrons. The van der Waals surface area contributed by atoms with Gasteiger partial charge >= 0.3 is 11.9 Å². The van der Waals surface area contributed by atoms with E-state index in [4.69, 9.17) is 9.84 Å². The summed E-state index contributed by atoms with van der Waals surface area (Å²) >= 11 is 0. The molecule has 6 heteroatoms. The van der Waals surface area contributed by atoms with E-state index < -0.39 is 5.97 Å². The van der Waals surface area contributed by atoms with Gasteiger partial charge in [-0.05, 0) is 70.6 Å². The highest BCUT2D eigenvalue weighted by atomic mass is 16.5. The van der Waals surface area contributed by atoms with E-state index in [1.807, 2.05) is 0 Å². The van der Waals surface area contributed by atoms with Crippen LogP contribution in [0.15, 0.2) is 24.3 Å². The molecule has 46 heavy (non-hydrogen) atoms. The Hall–Kier alpha value is -2.11. The maximum Gasteiger partial charge on any atom is 0.322 e. The van der Waals surface area contributed by atoms with Crippen molar-refractivity contribution in [2.24, 2.45) is 0 Å². The second-order valence-corrected chi connectivity index (χ2v) is 13.2. The van der Waals surface area contributed by atoms with Crippen molar-refractivity contribution in [3.05, 3.63) is 24.3 Å². The summed E-state index contributed by atoms with van der Waals surface area (Å²) in [6.07, 6.45) is 41.5. The van der Waals surface area contributed by atoms with Crippen LogP contribution < -0.4 is 5.32 Å². The first-order valence-corrected chi connectivity index (χ1v) is 19.5. The molecule has 0 aromatic carbocycles. The molecular weight excluding hydrogens is 574 g/mol. The van der Waals surface area contributed by atoms with Crippen LogP contribution in [-0.2, 0) is 19.1 Å². The monoisotopic (exact) mass is 648 g/mol. The summed E-state index contributed by atoms with van der Waals surface area (Å²) in [6.45, 7) is 4.20. The number of unbranched alkanes of at least 4 members (excludes halogenated alkanes) is 20. The molecule has 0 aliphatic rings. The van der Waals surface area contributed by atoms with Crippen LogP contribution in [0.3, 0.4) is 0 Å². The minimum atomic E-state index is -1.02. The molecule has 0 fully saturated rings. The molecule has 0 saturated heterocycles. The van der Waals surface area contributed by atoms with Crippen LogP contribution in [0.4, 0.5) is 0 Å². The molecule has 0 aliphatic carbocycles. The van der Waals surface area contributed by atoms with Crippen molar-refractivity contribution >= 4 is 17.8 Å². The van der Waals surface area contributed by atoms with E-state index in [9.17, 15) is 14.4 Å². The fourth-order valence-corrected chi connectivity index (χ4v) is 5.72. The third kappa shape index (κ3) is 34.8. The van der Waals surface area contributed by atoms with Crippen LogP contribution in [0.2, 0.25) is 0 Å². The predicted octanol–water partition coefficient (Wildman–Crippen LogP) is 11.6. The number of aliphatic carboxylic acids is 1. The first kappa shape index (κ1) is 43.9. The Morgan fingerprint density at radius 3 is 1.52 bits per heavy atom. The number of carbonyl (C=O) groups excluding carboxylic acids is 2. The van der Waals surface area contributed by atoms with Gasteiger partial charge in [-0.15, -0.1) is 0 Å². The minimum Gasteiger partial charge on any atom is -0.480 e. The molecule has 6 nitrogen and oxygen atoms in total. The fraction of sp³-hybridized carbons (Fsp3) is 0.825. The lowest BCUT2D eigenvalue weighted by Gasteiger charge is -2.18. The van der Waals surface area contributed by atoms with E-state index in [1.165, 1.54) is 89.9 Å². The SMILES string of the molecule is CCCCCCC/C=C\C/C=C\CCCCCC(CCCCCCCC(=O)NCC(=O)O)OC(=O)CCCCCCCCCCC. The molecule has 1 unspecified atom stereocenters. The third-order valence-electron chi connectivity index (χ3n) is 8.63. The summed E-state index contributed by atoms with van der Waals surface area (Å²) in [7, 11) is 0. The highest BCUT2D eigenvalue weighted by molar-refractivity contribution is 5.80. The number of hydrogen-bond donors (Lipinski definition) is 2. The average Bonchev–Trinajstić information content (AvgIpc) is 3.04. The van der Waals surface area contributed by atoms with Gasteiger partial charge in [0.25, 0.3) is 0 Å². The molecule has 0 bridgehead atoms. The topological polar surface area (TPSA) is 92.7 Å². The molecule has 0 aromatic heterocycles. The zero-order chi connectivity index (χ0) is 33.8. The number of carboxylic acid groups (broad SMARTS) is 1. The minimum absolute atomic E-state index is 0.00974. The van der Waals surface area contributed by atoms with Gasteiger partial charge in [0.15, 0.2) is 0 Å². The van der Waals surface area contributed by atoms with E-state index in [0.29, 0.717) is 12.8 Å². The molecule has 0 rings (SSSR count). The lowest BCUT2D eigenvalue weighted by Crippen LogP contribution is -2.28. The number of ether oxygens (including phenoxy) is 1. The zero-order valence-electron chi connectivity index (χ0n) is 30.2. The highest BCUT2D eigenvalue weighted by Crippen LogP contribution is 2.18. The van der Waals surface area contributed by atoms with E-state index in [2.05, 4.69) is 43.5 Å². The van der Waals surface area contributed by atoms with E-state index in [1.54, 1.807) is 0 Å². The number of esters is 1. The summed E-state index contributed by atoms with van der Waals surface area (Å²) in [5.41, 5.74) is 0. The van der Waals surface area contributed by atoms with Crippen LogP contribution in [0.1, 0.15) is 200 Å². The standard InChI is InChI=1S/C40H73NO5/c1-3-5-7-9-11-13-14-15-16-17-18-20-21-24-28-32-37(33-29-25-23-26-30-34-38(42)41-36-39(43)44)46-40(45)35-31-27-22-19-12-10-8-6-4-2/h14-15,17-18,37H,3-13,16,19-36H2,1-2H3,(H,41,42)(H,43,44)/b15-14-,18-17-. The van der Waals surface area contributed by atoms with E-state index in [0.717, 1.165) is 83.5 Å². The number of carboxylic acids is 1. The molecule has 1 atom stereocenters. The Kier molecular flexibility index (Phi) is 34.1. The Morgan fingerprint density at radius 1 is 0.565 bits per heavy atom. The molecule has 0 spiro atoms. The molecular formula is C40H73NO5. The summed E-state index contributed by atoms with van der Waals surface area (Å²) < 4.78 is 5.99. The van der Waals surface area contributed by atoms with Crippen LogP contribution in [0, 0.1) is 0 Å². The van der Waals surface area contributed by atoms with Gasteiger partial charge in [-0.25, -0.2) is 0 Å². The predicted molar refractivity (Wildman–Crippen MR) is 194 cm³/mol. The molecule has 0 aliphatic heterocycles. The summed E-state index contributed by atoms with van der Waals surface area (Å²) in [5, 5.41) is 11.1. The molecule has 2 N–H and O–H groups in total. The number of rotatable bonds is 35. The van der Waals surface area contributed by atoms with Crippen LogP contribution in [0.5, 0.6) is 0 Å². The maximum absolute atomic E-state index is 12.6. The summed E-state index contributed by atoms with van der Waals surface area (Å²) in [5.74, 6) is -1.25. The maximum atomic E-state index is 12.6. The first-order chi connectivity index (χ1) is 22.5. The van der Waals surface area contributed by atoms with Crippen molar-refractivity contribution < 1.29 is 24.2 Å². The Balaban J connectivity index is 4.23. The average molecular weight is 648 g/mol. The van der Waals surface area contributed by atoms with Crippen molar-refractivity contribution in [2.75, 3.05) is 6.54 Å². The van der Waals surface area contributed by atoms with Gasteiger partial charge < -0.3 is 15.2 Å². The largest absolute Gasteiger partial charge is 0.480 e. The second-order valence-electron chi connectivity index (χ2n) is 13.2. The van der Waals surface area contributed by atoms with Gasteiger partial charge in [-0.2, -0.15) is 0 Å². The normalized spacial score (nSPS) is 12.2. The van der Waals surface area contributed by atoms with Crippen LogP contribution in [0.25, 0.3) is 0 Å².